The fourth-order valence-corrected chi connectivity index (χ4v) is 2.55. The first-order valence-electron chi connectivity index (χ1n) is 3.30. The van der Waals surface area contributed by atoms with E-state index in [2.05, 4.69) is 54.5 Å². The molecule has 1 rings (SSSR count). The molecule has 0 spiro atoms. The van der Waals surface area contributed by atoms with Crippen LogP contribution in [0.15, 0.2) is 16.6 Å². The fourth-order valence-electron chi connectivity index (χ4n) is 0.813. The fraction of sp³-hybridized carbons (Fsp3) is 0.125. The van der Waals surface area contributed by atoms with E-state index in [1.165, 1.54) is 0 Å². The highest BCUT2D eigenvalue weighted by atomic mass is 127. The molecular weight excluding hydrogens is 434 g/mol. The number of carbonyl (C=O) groups excluding carboxylic acids is 1. The third kappa shape index (κ3) is 2.67. The molecule has 0 fully saturated rings. The monoisotopic (exact) mass is 436 g/mol. The second kappa shape index (κ2) is 5.09. The summed E-state index contributed by atoms with van der Waals surface area (Å²) in [5.74, 6) is 0.0572. The van der Waals surface area contributed by atoms with E-state index < -0.39 is 0 Å². The summed E-state index contributed by atoms with van der Waals surface area (Å²) in [5, 5.41) is 0.951. The van der Waals surface area contributed by atoms with Crippen LogP contribution in [0.3, 0.4) is 0 Å². The lowest BCUT2D eigenvalue weighted by Gasteiger charge is -2.04. The van der Waals surface area contributed by atoms with Crippen molar-refractivity contribution < 1.29 is 4.79 Å². The Morgan fingerprint density at radius 1 is 1.54 bits per heavy atom. The van der Waals surface area contributed by atoms with Crippen LogP contribution in [0.5, 0.6) is 0 Å². The van der Waals surface area contributed by atoms with Gasteiger partial charge in [-0.2, -0.15) is 0 Å². The van der Waals surface area contributed by atoms with E-state index in [1.54, 1.807) is 12.1 Å². The number of benzene rings is 1. The first kappa shape index (κ1) is 11.9. The zero-order valence-corrected chi connectivity index (χ0v) is 12.4. The topological polar surface area (TPSA) is 17.1 Å². The van der Waals surface area contributed by atoms with E-state index in [9.17, 15) is 4.79 Å². The average Bonchev–Trinajstić information content (AvgIpc) is 2.13. The van der Waals surface area contributed by atoms with Gasteiger partial charge in [0, 0.05) is 9.13 Å². The second-order valence-electron chi connectivity index (χ2n) is 2.28. The molecule has 1 nitrogen and oxygen atoms in total. The molecule has 0 radical (unpaired) electrons. The van der Waals surface area contributed by atoms with Crippen molar-refractivity contribution in [3.63, 3.8) is 0 Å². The van der Waals surface area contributed by atoms with Gasteiger partial charge in [0.25, 0.3) is 0 Å². The summed E-state index contributed by atoms with van der Waals surface area (Å²) in [6.07, 6.45) is 0. The minimum atomic E-state index is 0.0572. The van der Waals surface area contributed by atoms with Crippen LogP contribution in [0, 0.1) is 3.57 Å². The van der Waals surface area contributed by atoms with Gasteiger partial charge in [-0.25, -0.2) is 0 Å². The van der Waals surface area contributed by atoms with Crippen molar-refractivity contribution in [1.82, 2.24) is 0 Å². The molecule has 0 aliphatic rings. The van der Waals surface area contributed by atoms with E-state index in [4.69, 9.17) is 11.6 Å². The van der Waals surface area contributed by atoms with Gasteiger partial charge in [-0.05, 0) is 50.7 Å². The molecule has 0 aliphatic heterocycles. The number of halogens is 4. The molecule has 0 aliphatic carbocycles. The smallest absolute Gasteiger partial charge is 0.174 e. The maximum atomic E-state index is 11.4. The molecule has 0 saturated carbocycles. The first-order chi connectivity index (χ1) is 6.07. The van der Waals surface area contributed by atoms with Gasteiger partial charge in [-0.3, -0.25) is 4.79 Å². The van der Waals surface area contributed by atoms with Gasteiger partial charge in [0.05, 0.1) is 14.8 Å². The first-order valence-corrected chi connectivity index (χ1v) is 6.67. The molecule has 13 heavy (non-hydrogen) atoms. The lowest BCUT2D eigenvalue weighted by Crippen LogP contribution is -2.03. The summed E-state index contributed by atoms with van der Waals surface area (Å²) in [5.41, 5.74) is 0.689. The van der Waals surface area contributed by atoms with Crippen LogP contribution in [-0.2, 0) is 0 Å². The van der Waals surface area contributed by atoms with Gasteiger partial charge < -0.3 is 0 Å². The van der Waals surface area contributed by atoms with Crippen molar-refractivity contribution in [1.29, 1.82) is 0 Å². The van der Waals surface area contributed by atoms with E-state index in [0.717, 1.165) is 8.04 Å². The highest BCUT2D eigenvalue weighted by Gasteiger charge is 2.12. The van der Waals surface area contributed by atoms with Gasteiger partial charge in [0.15, 0.2) is 5.78 Å². The third-order valence-corrected chi connectivity index (χ3v) is 5.19. The quantitative estimate of drug-likeness (QED) is 0.292. The van der Waals surface area contributed by atoms with Crippen molar-refractivity contribution in [2.75, 3.05) is 5.33 Å². The molecule has 0 unspecified atom stereocenters. The Kier molecular flexibility index (Phi) is 4.68. The van der Waals surface area contributed by atoms with Crippen LogP contribution in [0.1, 0.15) is 10.4 Å². The number of hydrogen-bond acceptors (Lipinski definition) is 1. The highest BCUT2D eigenvalue weighted by molar-refractivity contribution is 14.1. The zero-order chi connectivity index (χ0) is 10.0. The Hall–Kier alpha value is 0.870. The third-order valence-electron chi connectivity index (χ3n) is 1.46. The summed E-state index contributed by atoms with van der Waals surface area (Å²) in [4.78, 5) is 11.4. The zero-order valence-electron chi connectivity index (χ0n) is 6.28. The summed E-state index contributed by atoms with van der Waals surface area (Å²) in [6.45, 7) is 0. The molecule has 0 aromatic heterocycles. The summed E-state index contributed by atoms with van der Waals surface area (Å²) in [7, 11) is 0. The van der Waals surface area contributed by atoms with Crippen LogP contribution in [0.25, 0.3) is 0 Å². The molecule has 5 heteroatoms. The van der Waals surface area contributed by atoms with Crippen molar-refractivity contribution in [3.8, 4) is 0 Å². The van der Waals surface area contributed by atoms with Crippen molar-refractivity contribution in [3.05, 3.63) is 30.8 Å². The normalized spacial score (nSPS) is 10.2. The molecule has 70 valence electrons. The lowest BCUT2D eigenvalue weighted by atomic mass is 10.1. The molecule has 0 N–H and O–H groups in total. The number of alkyl halides is 1. The van der Waals surface area contributed by atoms with E-state index in [1.807, 2.05) is 0 Å². The molecule has 0 amide bonds. The minimum absolute atomic E-state index is 0.0572. The molecule has 0 heterocycles. The van der Waals surface area contributed by atoms with Crippen LogP contribution in [0.2, 0.25) is 5.02 Å². The van der Waals surface area contributed by atoms with Gasteiger partial charge in [-0.1, -0.05) is 27.5 Å². The average molecular weight is 438 g/mol. The number of carbonyl (C=O) groups is 1. The van der Waals surface area contributed by atoms with Gasteiger partial charge in [0.1, 0.15) is 0 Å². The van der Waals surface area contributed by atoms with Crippen molar-refractivity contribution in [2.24, 2.45) is 0 Å². The van der Waals surface area contributed by atoms with Gasteiger partial charge >= 0.3 is 0 Å². The maximum absolute atomic E-state index is 11.4. The highest BCUT2D eigenvalue weighted by Crippen LogP contribution is 2.30. The summed E-state index contributed by atoms with van der Waals surface area (Å²) in [6, 6.07) is 3.45. The van der Waals surface area contributed by atoms with E-state index in [-0.39, 0.29) is 5.78 Å². The number of hydrogen-bond donors (Lipinski definition) is 0. The van der Waals surface area contributed by atoms with Crippen LogP contribution >= 0.6 is 66.1 Å². The van der Waals surface area contributed by atoms with Crippen LogP contribution < -0.4 is 0 Å². The molecule has 1 aromatic carbocycles. The largest absolute Gasteiger partial charge is 0.293 e. The van der Waals surface area contributed by atoms with Gasteiger partial charge in [-0.15, -0.1) is 0 Å². The standard InChI is InChI=1S/C8H4Br2ClIO/c9-3-6(13)4-1-2-5(11)7(10)8(4)12/h1-2H,3H2. The maximum Gasteiger partial charge on any atom is 0.174 e. The molecule has 0 bridgehead atoms. The van der Waals surface area contributed by atoms with Crippen molar-refractivity contribution in [2.45, 2.75) is 0 Å². The number of ketones is 1. The summed E-state index contributed by atoms with van der Waals surface area (Å²) >= 11 is 14.4. The molecule has 0 atom stereocenters. The number of rotatable bonds is 2. The minimum Gasteiger partial charge on any atom is -0.293 e. The Labute approximate surface area is 112 Å². The van der Waals surface area contributed by atoms with E-state index in [0.29, 0.717) is 15.9 Å². The molecule has 1 aromatic rings. The molecular formula is C8H4Br2ClIO. The molecule has 0 saturated heterocycles. The van der Waals surface area contributed by atoms with Crippen LogP contribution in [-0.4, -0.2) is 11.1 Å². The Bertz CT molecular complexity index is 354. The lowest BCUT2D eigenvalue weighted by molar-refractivity contribution is 0.102. The predicted molar refractivity (Wildman–Crippen MR) is 70.0 cm³/mol. The summed E-state index contributed by atoms with van der Waals surface area (Å²) < 4.78 is 1.64. The van der Waals surface area contributed by atoms with Gasteiger partial charge in [0.2, 0.25) is 0 Å². The SMILES string of the molecule is O=C(CBr)c1ccc(Cl)c(Br)c1I. The van der Waals surface area contributed by atoms with Crippen LogP contribution in [0.4, 0.5) is 0 Å². The van der Waals surface area contributed by atoms with Crippen molar-refractivity contribution >= 4 is 71.8 Å². The number of Topliss-reactive ketones (excluding diaryl/α,β-unsaturated/α-hetero) is 1. The Morgan fingerprint density at radius 2 is 2.15 bits per heavy atom. The Morgan fingerprint density at radius 3 is 2.69 bits per heavy atom. The predicted octanol–water partition coefficient (Wildman–Crippen LogP) is 4.28. The Balaban J connectivity index is 3.26. The second-order valence-corrected chi connectivity index (χ2v) is 5.12. The van der Waals surface area contributed by atoms with E-state index >= 15 is 0 Å².